The van der Waals surface area contributed by atoms with Crippen LogP contribution in [0.5, 0.6) is 0 Å². The first-order valence-electron chi connectivity index (χ1n) is 11.9. The van der Waals surface area contributed by atoms with Crippen LogP contribution in [0.15, 0.2) is 29.1 Å². The third-order valence-corrected chi connectivity index (χ3v) is 7.04. The number of benzene rings is 1. The minimum Gasteiger partial charge on any atom is -0.342 e. The Morgan fingerprint density at radius 2 is 1.91 bits per heavy atom. The standard InChI is InChI=1S/C24H29FN6O2/c25-19-10-7-17(8-11-19)14-31-23-21(28-29-31)24(33)27-22(26-23)18-6-3-13-30(15-18)20(32)12-9-16-4-1-2-5-16/h7-8,10-11,16,18H,1-6,9,12-15H2,(H,26,27,33)/t18-/m1/s1. The highest BCUT2D eigenvalue weighted by molar-refractivity contribution is 5.76. The minimum absolute atomic E-state index is 0.0274. The van der Waals surface area contributed by atoms with Crippen LogP contribution < -0.4 is 5.56 Å². The predicted octanol–water partition coefficient (Wildman–Crippen LogP) is 3.38. The lowest BCUT2D eigenvalue weighted by Crippen LogP contribution is -2.40. The van der Waals surface area contributed by atoms with Gasteiger partial charge in [-0.1, -0.05) is 43.0 Å². The molecule has 1 aromatic carbocycles. The van der Waals surface area contributed by atoms with Crippen LogP contribution in [-0.2, 0) is 11.3 Å². The summed E-state index contributed by atoms with van der Waals surface area (Å²) in [7, 11) is 0. The van der Waals surface area contributed by atoms with Gasteiger partial charge < -0.3 is 9.88 Å². The number of likely N-dealkylation sites (tertiary alicyclic amines) is 1. The second kappa shape index (κ2) is 9.41. The summed E-state index contributed by atoms with van der Waals surface area (Å²) in [6.45, 7) is 1.66. The first kappa shape index (κ1) is 21.7. The number of hydrogen-bond donors (Lipinski definition) is 1. The molecule has 1 aliphatic carbocycles. The zero-order valence-corrected chi connectivity index (χ0v) is 18.7. The predicted molar refractivity (Wildman–Crippen MR) is 121 cm³/mol. The molecule has 0 spiro atoms. The largest absolute Gasteiger partial charge is 0.342 e. The first-order chi connectivity index (χ1) is 16.1. The molecule has 2 aliphatic rings. The van der Waals surface area contributed by atoms with Crippen LogP contribution in [0.3, 0.4) is 0 Å². The van der Waals surface area contributed by atoms with E-state index in [9.17, 15) is 14.0 Å². The van der Waals surface area contributed by atoms with E-state index in [2.05, 4.69) is 15.3 Å². The zero-order valence-electron chi connectivity index (χ0n) is 18.7. The number of nitrogens with zero attached hydrogens (tertiary/aromatic N) is 5. The van der Waals surface area contributed by atoms with Crippen LogP contribution >= 0.6 is 0 Å². The number of amides is 1. The fourth-order valence-electron chi connectivity index (χ4n) is 5.16. The number of halogens is 1. The number of piperidine rings is 1. The quantitative estimate of drug-likeness (QED) is 0.619. The van der Waals surface area contributed by atoms with E-state index in [1.807, 2.05) is 4.90 Å². The lowest BCUT2D eigenvalue weighted by Gasteiger charge is -2.32. The van der Waals surface area contributed by atoms with Gasteiger partial charge in [-0.2, -0.15) is 0 Å². The highest BCUT2D eigenvalue weighted by Gasteiger charge is 2.28. The fourth-order valence-corrected chi connectivity index (χ4v) is 5.16. The Morgan fingerprint density at radius 1 is 1.12 bits per heavy atom. The molecule has 1 aliphatic heterocycles. The van der Waals surface area contributed by atoms with Crippen molar-refractivity contribution in [2.45, 2.75) is 63.8 Å². The second-order valence-electron chi connectivity index (χ2n) is 9.37. The van der Waals surface area contributed by atoms with Crippen molar-refractivity contribution < 1.29 is 9.18 Å². The Bertz CT molecular complexity index is 1180. The number of rotatable bonds is 6. The van der Waals surface area contributed by atoms with Gasteiger partial charge >= 0.3 is 0 Å². The van der Waals surface area contributed by atoms with Gasteiger partial charge in [0.1, 0.15) is 11.6 Å². The highest BCUT2D eigenvalue weighted by Crippen LogP contribution is 2.30. The van der Waals surface area contributed by atoms with Gasteiger partial charge in [0.25, 0.3) is 5.56 Å². The molecule has 8 nitrogen and oxygen atoms in total. The molecule has 0 radical (unpaired) electrons. The maximum Gasteiger partial charge on any atom is 0.281 e. The average Bonchev–Trinajstić information content (AvgIpc) is 3.50. The van der Waals surface area contributed by atoms with Gasteiger partial charge in [-0.15, -0.1) is 5.10 Å². The van der Waals surface area contributed by atoms with E-state index < -0.39 is 0 Å². The minimum atomic E-state index is -0.329. The number of aromatic nitrogens is 5. The number of carbonyl (C=O) groups is 1. The second-order valence-corrected chi connectivity index (χ2v) is 9.37. The van der Waals surface area contributed by atoms with Crippen LogP contribution in [-0.4, -0.2) is 48.9 Å². The highest BCUT2D eigenvalue weighted by atomic mass is 19.1. The van der Waals surface area contributed by atoms with E-state index in [4.69, 9.17) is 4.98 Å². The Kier molecular flexibility index (Phi) is 6.20. The molecular weight excluding hydrogens is 423 g/mol. The van der Waals surface area contributed by atoms with E-state index >= 15 is 0 Å². The molecule has 33 heavy (non-hydrogen) atoms. The molecule has 1 amide bonds. The van der Waals surface area contributed by atoms with Crippen molar-refractivity contribution in [1.82, 2.24) is 29.9 Å². The lowest BCUT2D eigenvalue weighted by molar-refractivity contribution is -0.132. The molecule has 1 atom stereocenters. The van der Waals surface area contributed by atoms with Crippen molar-refractivity contribution >= 4 is 17.1 Å². The molecule has 1 N–H and O–H groups in total. The molecule has 2 aromatic heterocycles. The average molecular weight is 453 g/mol. The molecular formula is C24H29FN6O2. The Balaban J connectivity index is 1.32. The van der Waals surface area contributed by atoms with Crippen LogP contribution in [0, 0.1) is 11.7 Å². The molecule has 1 saturated carbocycles. The molecule has 3 aromatic rings. The molecule has 1 saturated heterocycles. The van der Waals surface area contributed by atoms with Gasteiger partial charge in [0.2, 0.25) is 5.91 Å². The molecule has 0 unspecified atom stereocenters. The first-order valence-corrected chi connectivity index (χ1v) is 11.9. The summed E-state index contributed by atoms with van der Waals surface area (Å²) >= 11 is 0. The summed E-state index contributed by atoms with van der Waals surface area (Å²) in [5, 5.41) is 8.08. The number of fused-ring (bicyclic) bond motifs is 1. The van der Waals surface area contributed by atoms with Crippen molar-refractivity contribution in [2.75, 3.05) is 13.1 Å². The Hall–Kier alpha value is -3.10. The van der Waals surface area contributed by atoms with Gasteiger partial charge in [0.15, 0.2) is 11.2 Å². The number of nitrogens with one attached hydrogen (secondary N) is 1. The summed E-state index contributed by atoms with van der Waals surface area (Å²) in [5.41, 5.74) is 1.09. The summed E-state index contributed by atoms with van der Waals surface area (Å²) < 4.78 is 14.8. The smallest absolute Gasteiger partial charge is 0.281 e. The maximum atomic E-state index is 13.2. The molecule has 5 rings (SSSR count). The Labute approximate surface area is 191 Å². The molecule has 2 fully saturated rings. The third kappa shape index (κ3) is 4.82. The SMILES string of the molecule is O=C(CCC1CCCC1)N1CCC[C@@H](c2nc3c(nnn3Cc3ccc(F)cc3)c(=O)[nH]2)C1. The number of H-pyrrole nitrogens is 1. The third-order valence-electron chi connectivity index (χ3n) is 7.04. The topological polar surface area (TPSA) is 96.8 Å². The van der Waals surface area contributed by atoms with Crippen LogP contribution in [0.25, 0.3) is 11.2 Å². The summed E-state index contributed by atoms with van der Waals surface area (Å²) in [6.07, 6.45) is 8.41. The maximum absolute atomic E-state index is 13.2. The van der Waals surface area contributed by atoms with Crippen molar-refractivity contribution in [3.05, 3.63) is 51.8 Å². The summed E-state index contributed by atoms with van der Waals surface area (Å²) in [4.78, 5) is 35.0. The van der Waals surface area contributed by atoms with Gasteiger partial charge in [0, 0.05) is 25.4 Å². The summed E-state index contributed by atoms with van der Waals surface area (Å²) in [6, 6.07) is 6.13. The van der Waals surface area contributed by atoms with E-state index in [1.54, 1.807) is 16.8 Å². The van der Waals surface area contributed by atoms with Crippen LogP contribution in [0.1, 0.15) is 68.7 Å². The van der Waals surface area contributed by atoms with Crippen molar-refractivity contribution in [3.8, 4) is 0 Å². The van der Waals surface area contributed by atoms with Gasteiger partial charge in [-0.05, 0) is 42.9 Å². The van der Waals surface area contributed by atoms with Gasteiger partial charge in [-0.25, -0.2) is 14.1 Å². The summed E-state index contributed by atoms with van der Waals surface area (Å²) in [5.74, 6) is 1.14. The zero-order chi connectivity index (χ0) is 22.8. The number of aromatic amines is 1. The molecule has 0 bridgehead atoms. The van der Waals surface area contributed by atoms with E-state index in [1.165, 1.54) is 37.8 Å². The van der Waals surface area contributed by atoms with Crippen molar-refractivity contribution in [2.24, 2.45) is 5.92 Å². The monoisotopic (exact) mass is 452 g/mol. The molecule has 174 valence electrons. The lowest BCUT2D eigenvalue weighted by atomic mass is 9.96. The number of hydrogen-bond acceptors (Lipinski definition) is 5. The normalized spacial score (nSPS) is 19.4. The van der Waals surface area contributed by atoms with Gasteiger partial charge in [0.05, 0.1) is 6.54 Å². The van der Waals surface area contributed by atoms with Gasteiger partial charge in [-0.3, -0.25) is 9.59 Å². The fraction of sp³-hybridized carbons (Fsp3) is 0.542. The van der Waals surface area contributed by atoms with Crippen LogP contribution in [0.2, 0.25) is 0 Å². The van der Waals surface area contributed by atoms with E-state index in [-0.39, 0.29) is 28.7 Å². The van der Waals surface area contributed by atoms with Crippen molar-refractivity contribution in [1.29, 1.82) is 0 Å². The van der Waals surface area contributed by atoms with Crippen LogP contribution in [0.4, 0.5) is 4.39 Å². The van der Waals surface area contributed by atoms with E-state index in [0.717, 1.165) is 31.4 Å². The van der Waals surface area contributed by atoms with E-state index in [0.29, 0.717) is 36.9 Å². The van der Waals surface area contributed by atoms with Crippen molar-refractivity contribution in [3.63, 3.8) is 0 Å². The molecule has 9 heteroatoms. The Morgan fingerprint density at radius 3 is 2.70 bits per heavy atom. The number of carbonyl (C=O) groups excluding carboxylic acids is 1. The molecule has 3 heterocycles.